The number of benzene rings is 1. The third-order valence-electron chi connectivity index (χ3n) is 2.55. The first kappa shape index (κ1) is 12.6. The van der Waals surface area contributed by atoms with Crippen molar-refractivity contribution in [1.29, 1.82) is 0 Å². The molecule has 2 nitrogen and oxygen atoms in total. The van der Waals surface area contributed by atoms with Crippen LogP contribution >= 0.6 is 27.3 Å². The summed E-state index contributed by atoms with van der Waals surface area (Å²) < 4.78 is 6.21. The van der Waals surface area contributed by atoms with Gasteiger partial charge in [0.1, 0.15) is 5.75 Å². The van der Waals surface area contributed by atoms with E-state index in [4.69, 9.17) is 4.74 Å². The van der Waals surface area contributed by atoms with Gasteiger partial charge in [0.05, 0.1) is 13.2 Å². The highest BCUT2D eigenvalue weighted by atomic mass is 79.9. The maximum Gasteiger partial charge on any atom is 0.119 e. The summed E-state index contributed by atoms with van der Waals surface area (Å²) in [4.78, 5) is 1.15. The molecule has 1 unspecified atom stereocenters. The Bertz CT molecular complexity index is 496. The topological polar surface area (TPSA) is 29.5 Å². The predicted octanol–water partition coefficient (Wildman–Crippen LogP) is 3.80. The predicted molar refractivity (Wildman–Crippen MR) is 73.7 cm³/mol. The number of aliphatic hydroxyl groups excluding tert-OH is 1. The van der Waals surface area contributed by atoms with Crippen LogP contribution in [0.2, 0.25) is 0 Å². The fraction of sp³-hybridized carbons (Fsp3) is 0.231. The van der Waals surface area contributed by atoms with Gasteiger partial charge in [-0.15, -0.1) is 11.3 Å². The molecular formula is C13H13BrO2S. The SMILES string of the molecule is COc1cccc(C(O)Cc2sccc2Br)c1. The van der Waals surface area contributed by atoms with Crippen LogP contribution in [0.5, 0.6) is 5.75 Å². The Kier molecular flexibility index (Phi) is 4.20. The summed E-state index contributed by atoms with van der Waals surface area (Å²) in [6.07, 6.45) is 0.117. The average Bonchev–Trinajstić information content (AvgIpc) is 2.75. The Morgan fingerprint density at radius 3 is 2.88 bits per heavy atom. The zero-order valence-corrected chi connectivity index (χ0v) is 11.8. The van der Waals surface area contributed by atoms with Crippen LogP contribution in [0.1, 0.15) is 16.5 Å². The van der Waals surface area contributed by atoms with E-state index < -0.39 is 6.10 Å². The minimum Gasteiger partial charge on any atom is -0.497 e. The highest BCUT2D eigenvalue weighted by Gasteiger charge is 2.12. The molecule has 0 amide bonds. The van der Waals surface area contributed by atoms with Crippen molar-refractivity contribution >= 4 is 27.3 Å². The van der Waals surface area contributed by atoms with Crippen LogP contribution < -0.4 is 4.74 Å². The molecule has 0 spiro atoms. The van der Waals surface area contributed by atoms with Crippen molar-refractivity contribution in [2.75, 3.05) is 7.11 Å². The van der Waals surface area contributed by atoms with Crippen LogP contribution in [0, 0.1) is 0 Å². The zero-order valence-electron chi connectivity index (χ0n) is 9.39. The number of halogens is 1. The fourth-order valence-corrected chi connectivity index (χ4v) is 3.17. The summed E-state index contributed by atoms with van der Waals surface area (Å²) in [5, 5.41) is 12.2. The summed E-state index contributed by atoms with van der Waals surface area (Å²) in [6.45, 7) is 0. The van der Waals surface area contributed by atoms with Crippen molar-refractivity contribution in [2.24, 2.45) is 0 Å². The van der Waals surface area contributed by atoms with E-state index in [0.717, 1.165) is 20.7 Å². The number of rotatable bonds is 4. The van der Waals surface area contributed by atoms with Gasteiger partial charge in [0, 0.05) is 15.8 Å². The molecule has 1 aromatic heterocycles. The van der Waals surface area contributed by atoms with E-state index in [2.05, 4.69) is 15.9 Å². The van der Waals surface area contributed by atoms with Crippen LogP contribution in [0.25, 0.3) is 0 Å². The standard InChI is InChI=1S/C13H13BrO2S/c1-16-10-4-2-3-9(7-10)12(15)8-13-11(14)5-6-17-13/h2-7,12,15H,8H2,1H3. The molecule has 2 aromatic rings. The van der Waals surface area contributed by atoms with Gasteiger partial charge in [-0.25, -0.2) is 0 Å². The van der Waals surface area contributed by atoms with Gasteiger partial charge in [0.25, 0.3) is 0 Å². The van der Waals surface area contributed by atoms with Crippen molar-refractivity contribution < 1.29 is 9.84 Å². The van der Waals surface area contributed by atoms with E-state index in [0.29, 0.717) is 6.42 Å². The maximum atomic E-state index is 10.2. The van der Waals surface area contributed by atoms with Gasteiger partial charge >= 0.3 is 0 Å². The number of aliphatic hydroxyl groups is 1. The van der Waals surface area contributed by atoms with E-state index in [9.17, 15) is 5.11 Å². The van der Waals surface area contributed by atoms with Gasteiger partial charge in [-0.05, 0) is 45.1 Å². The smallest absolute Gasteiger partial charge is 0.119 e. The quantitative estimate of drug-likeness (QED) is 0.930. The third-order valence-corrected chi connectivity index (χ3v) is 4.50. The highest BCUT2D eigenvalue weighted by Crippen LogP contribution is 2.29. The Balaban J connectivity index is 2.14. The molecule has 90 valence electrons. The Labute approximate surface area is 113 Å². The van der Waals surface area contributed by atoms with Crippen LogP contribution in [-0.2, 0) is 6.42 Å². The van der Waals surface area contributed by atoms with Crippen LogP contribution in [0.4, 0.5) is 0 Å². The van der Waals surface area contributed by atoms with Gasteiger partial charge in [0.15, 0.2) is 0 Å². The van der Waals surface area contributed by atoms with Crippen molar-refractivity contribution in [3.8, 4) is 5.75 Å². The summed E-state index contributed by atoms with van der Waals surface area (Å²) in [7, 11) is 1.63. The minimum atomic E-state index is -0.500. The van der Waals surface area contributed by atoms with Crippen LogP contribution in [0.15, 0.2) is 40.2 Å². The van der Waals surface area contributed by atoms with Crippen molar-refractivity contribution in [3.63, 3.8) is 0 Å². The lowest BCUT2D eigenvalue weighted by Crippen LogP contribution is -2.01. The molecule has 0 fully saturated rings. The first-order chi connectivity index (χ1) is 8.20. The van der Waals surface area contributed by atoms with Gasteiger partial charge in [0.2, 0.25) is 0 Å². The summed E-state index contributed by atoms with van der Waals surface area (Å²) in [6, 6.07) is 9.54. The molecule has 1 atom stereocenters. The van der Waals surface area contributed by atoms with Crippen molar-refractivity contribution in [2.45, 2.75) is 12.5 Å². The first-order valence-corrected chi connectivity index (χ1v) is 6.92. The van der Waals surface area contributed by atoms with Crippen molar-refractivity contribution in [1.82, 2.24) is 0 Å². The molecule has 0 radical (unpaired) electrons. The van der Waals surface area contributed by atoms with E-state index >= 15 is 0 Å². The Morgan fingerprint density at radius 2 is 2.24 bits per heavy atom. The molecule has 1 heterocycles. The highest BCUT2D eigenvalue weighted by molar-refractivity contribution is 9.10. The van der Waals surface area contributed by atoms with Gasteiger partial charge < -0.3 is 9.84 Å². The molecule has 0 aliphatic heterocycles. The molecular weight excluding hydrogens is 300 g/mol. The molecule has 1 aromatic carbocycles. The molecule has 17 heavy (non-hydrogen) atoms. The summed E-state index contributed by atoms with van der Waals surface area (Å²) >= 11 is 5.11. The first-order valence-electron chi connectivity index (χ1n) is 5.24. The number of hydrogen-bond acceptors (Lipinski definition) is 3. The monoisotopic (exact) mass is 312 g/mol. The zero-order chi connectivity index (χ0) is 12.3. The lowest BCUT2D eigenvalue weighted by atomic mass is 10.1. The van der Waals surface area contributed by atoms with E-state index in [1.165, 1.54) is 0 Å². The third kappa shape index (κ3) is 3.09. The second-order valence-electron chi connectivity index (χ2n) is 3.69. The average molecular weight is 313 g/mol. The van der Waals surface area contributed by atoms with Crippen LogP contribution in [0.3, 0.4) is 0 Å². The molecule has 2 rings (SSSR count). The van der Waals surface area contributed by atoms with E-state index in [1.54, 1.807) is 18.4 Å². The number of methoxy groups -OCH3 is 1. The van der Waals surface area contributed by atoms with Gasteiger partial charge in [-0.3, -0.25) is 0 Å². The second kappa shape index (κ2) is 5.67. The van der Waals surface area contributed by atoms with E-state index in [1.807, 2.05) is 35.7 Å². The molecule has 0 aliphatic rings. The molecule has 4 heteroatoms. The number of ether oxygens (including phenoxy) is 1. The van der Waals surface area contributed by atoms with Crippen LogP contribution in [-0.4, -0.2) is 12.2 Å². The Hall–Kier alpha value is -0.840. The maximum absolute atomic E-state index is 10.2. The molecule has 0 saturated carbocycles. The number of thiophene rings is 1. The lowest BCUT2D eigenvalue weighted by molar-refractivity contribution is 0.179. The van der Waals surface area contributed by atoms with Gasteiger partial charge in [-0.1, -0.05) is 12.1 Å². The molecule has 0 bridgehead atoms. The molecule has 0 saturated heterocycles. The fourth-order valence-electron chi connectivity index (χ4n) is 1.61. The number of hydrogen-bond donors (Lipinski definition) is 1. The lowest BCUT2D eigenvalue weighted by Gasteiger charge is -2.11. The largest absolute Gasteiger partial charge is 0.497 e. The molecule has 1 N–H and O–H groups in total. The normalized spacial score (nSPS) is 12.4. The Morgan fingerprint density at radius 1 is 1.41 bits per heavy atom. The minimum absolute atomic E-state index is 0.500. The summed E-state index contributed by atoms with van der Waals surface area (Å²) in [5.41, 5.74) is 0.879. The van der Waals surface area contributed by atoms with E-state index in [-0.39, 0.29) is 0 Å². The second-order valence-corrected chi connectivity index (χ2v) is 5.54. The van der Waals surface area contributed by atoms with Gasteiger partial charge in [-0.2, -0.15) is 0 Å². The van der Waals surface area contributed by atoms with Crippen molar-refractivity contribution in [3.05, 3.63) is 50.6 Å². The molecule has 0 aliphatic carbocycles. The summed E-state index contributed by atoms with van der Waals surface area (Å²) in [5.74, 6) is 0.770.